The highest BCUT2D eigenvalue weighted by Crippen LogP contribution is 2.26. The summed E-state index contributed by atoms with van der Waals surface area (Å²) in [6, 6.07) is 9.93. The predicted molar refractivity (Wildman–Crippen MR) is 100 cm³/mol. The molecule has 5 heteroatoms. The minimum absolute atomic E-state index is 0.0870. The number of aryl methyl sites for hydroxylation is 2. The molecule has 0 radical (unpaired) electrons. The van der Waals surface area contributed by atoms with Crippen LogP contribution in [0.15, 0.2) is 36.5 Å². The summed E-state index contributed by atoms with van der Waals surface area (Å²) in [4.78, 5) is 16.0. The van der Waals surface area contributed by atoms with E-state index in [4.69, 9.17) is 0 Å². The molecule has 3 N–H and O–H groups in total. The first kappa shape index (κ1) is 17.8. The van der Waals surface area contributed by atoms with Gasteiger partial charge in [-0.1, -0.05) is 32.0 Å². The molecule has 1 heterocycles. The fourth-order valence-corrected chi connectivity index (χ4v) is 2.50. The number of carbonyl (C=O) groups is 1. The van der Waals surface area contributed by atoms with Crippen LogP contribution in [0, 0.1) is 0 Å². The first-order valence-corrected chi connectivity index (χ1v) is 8.44. The van der Waals surface area contributed by atoms with Crippen LogP contribution in [0.4, 0.5) is 22.0 Å². The van der Waals surface area contributed by atoms with E-state index in [-0.39, 0.29) is 12.1 Å². The van der Waals surface area contributed by atoms with Crippen molar-refractivity contribution in [3.63, 3.8) is 0 Å². The lowest BCUT2D eigenvalue weighted by atomic mass is 10.0. The van der Waals surface area contributed by atoms with Crippen molar-refractivity contribution in [3.8, 4) is 0 Å². The third-order valence-electron chi connectivity index (χ3n) is 3.69. The van der Waals surface area contributed by atoms with Gasteiger partial charge in [-0.2, -0.15) is 0 Å². The Labute approximate surface area is 143 Å². The molecule has 0 unspecified atom stereocenters. The fraction of sp³-hybridized carbons (Fsp3) is 0.368. The minimum Gasteiger partial charge on any atom is -0.354 e. The van der Waals surface area contributed by atoms with E-state index in [1.54, 1.807) is 12.3 Å². The van der Waals surface area contributed by atoms with Gasteiger partial charge in [-0.15, -0.1) is 0 Å². The molecule has 1 aromatic heterocycles. The van der Waals surface area contributed by atoms with Crippen LogP contribution in [-0.2, 0) is 12.8 Å². The summed E-state index contributed by atoms with van der Waals surface area (Å²) in [5.74, 6) is 0.526. The maximum absolute atomic E-state index is 11.7. The number of nitrogens with zero attached hydrogens (tertiary/aromatic N) is 1. The molecule has 5 nitrogen and oxygen atoms in total. The molecule has 0 bridgehead atoms. The summed E-state index contributed by atoms with van der Waals surface area (Å²) < 4.78 is 0. The molecule has 0 aliphatic rings. The second-order valence-corrected chi connectivity index (χ2v) is 5.97. The van der Waals surface area contributed by atoms with Gasteiger partial charge in [0, 0.05) is 11.7 Å². The van der Waals surface area contributed by atoms with Crippen LogP contribution in [0.1, 0.15) is 38.8 Å². The topological polar surface area (TPSA) is 66.0 Å². The highest BCUT2D eigenvalue weighted by molar-refractivity contribution is 5.88. The number of hydrogen-bond donors (Lipinski definition) is 3. The molecule has 1 aromatic carbocycles. The van der Waals surface area contributed by atoms with Crippen LogP contribution in [0.2, 0.25) is 0 Å². The minimum atomic E-state index is -0.247. The van der Waals surface area contributed by atoms with Gasteiger partial charge in [-0.05, 0) is 49.9 Å². The third-order valence-corrected chi connectivity index (χ3v) is 3.69. The number of urea groups is 1. The van der Waals surface area contributed by atoms with Crippen LogP contribution in [0.3, 0.4) is 0 Å². The molecule has 24 heavy (non-hydrogen) atoms. The van der Waals surface area contributed by atoms with Crippen molar-refractivity contribution in [2.75, 3.05) is 10.6 Å². The molecule has 0 saturated carbocycles. The molecule has 0 spiro atoms. The number of amides is 2. The summed E-state index contributed by atoms with van der Waals surface area (Å²) in [5, 5.41) is 8.96. The summed E-state index contributed by atoms with van der Waals surface area (Å²) >= 11 is 0. The molecule has 0 aliphatic heterocycles. The smallest absolute Gasteiger partial charge is 0.320 e. The number of para-hydroxylation sites is 1. The molecule has 0 atom stereocenters. The number of nitrogens with one attached hydrogen (secondary N) is 3. The number of benzene rings is 1. The Morgan fingerprint density at radius 1 is 1.08 bits per heavy atom. The number of aromatic nitrogens is 1. The maximum atomic E-state index is 11.7. The van der Waals surface area contributed by atoms with Crippen molar-refractivity contribution < 1.29 is 4.79 Å². The van der Waals surface area contributed by atoms with Gasteiger partial charge in [0.15, 0.2) is 0 Å². The lowest BCUT2D eigenvalue weighted by Crippen LogP contribution is -2.34. The maximum Gasteiger partial charge on any atom is 0.320 e. The number of hydrogen-bond acceptors (Lipinski definition) is 3. The van der Waals surface area contributed by atoms with Gasteiger partial charge >= 0.3 is 6.03 Å². The van der Waals surface area contributed by atoms with Crippen LogP contribution in [-0.4, -0.2) is 17.1 Å². The largest absolute Gasteiger partial charge is 0.354 e. The van der Waals surface area contributed by atoms with Crippen LogP contribution >= 0.6 is 0 Å². The van der Waals surface area contributed by atoms with Crippen molar-refractivity contribution in [2.45, 2.75) is 46.6 Å². The van der Waals surface area contributed by atoms with E-state index in [9.17, 15) is 4.79 Å². The average Bonchev–Trinajstić information content (AvgIpc) is 2.56. The first-order valence-electron chi connectivity index (χ1n) is 8.44. The molecule has 0 aliphatic carbocycles. The van der Waals surface area contributed by atoms with Crippen molar-refractivity contribution in [1.82, 2.24) is 10.3 Å². The number of pyridine rings is 1. The van der Waals surface area contributed by atoms with Crippen molar-refractivity contribution in [1.29, 1.82) is 0 Å². The van der Waals surface area contributed by atoms with Crippen LogP contribution in [0.5, 0.6) is 0 Å². The highest BCUT2D eigenvalue weighted by Gasteiger charge is 2.08. The van der Waals surface area contributed by atoms with E-state index in [1.165, 1.54) is 11.1 Å². The zero-order valence-corrected chi connectivity index (χ0v) is 14.8. The lowest BCUT2D eigenvalue weighted by Gasteiger charge is -2.15. The van der Waals surface area contributed by atoms with Gasteiger partial charge < -0.3 is 10.6 Å². The third kappa shape index (κ3) is 4.72. The van der Waals surface area contributed by atoms with E-state index in [2.05, 4.69) is 53.0 Å². The standard InChI is InChI=1S/C19H26N4O/c1-5-14-8-7-9-15(6-2)18(14)22-16-10-11-17(20-12-16)23-19(24)21-13(3)4/h7-13,22H,5-6H2,1-4H3,(H2,20,21,23,24). The van der Waals surface area contributed by atoms with Gasteiger partial charge in [0.05, 0.1) is 11.9 Å². The quantitative estimate of drug-likeness (QED) is 0.733. The number of anilines is 3. The predicted octanol–water partition coefficient (Wildman–Crippen LogP) is 4.48. The van der Waals surface area contributed by atoms with Gasteiger partial charge in [0.1, 0.15) is 5.82 Å². The van der Waals surface area contributed by atoms with E-state index in [0.717, 1.165) is 24.2 Å². The average molecular weight is 326 g/mol. The second-order valence-electron chi connectivity index (χ2n) is 5.97. The Morgan fingerprint density at radius 3 is 2.25 bits per heavy atom. The zero-order chi connectivity index (χ0) is 17.5. The highest BCUT2D eigenvalue weighted by atomic mass is 16.2. The molecule has 2 amide bonds. The molecule has 128 valence electrons. The Balaban J connectivity index is 2.11. The Kier molecular flexibility index (Phi) is 6.18. The summed E-state index contributed by atoms with van der Waals surface area (Å²) in [5.41, 5.74) is 4.63. The van der Waals surface area contributed by atoms with Gasteiger partial charge in [-0.25, -0.2) is 9.78 Å². The first-order chi connectivity index (χ1) is 11.5. The Hall–Kier alpha value is -2.56. The molecule has 2 rings (SSSR count). The van der Waals surface area contributed by atoms with Crippen molar-refractivity contribution >= 4 is 23.2 Å². The monoisotopic (exact) mass is 326 g/mol. The SMILES string of the molecule is CCc1cccc(CC)c1Nc1ccc(NC(=O)NC(C)C)nc1. The summed E-state index contributed by atoms with van der Waals surface area (Å²) in [7, 11) is 0. The zero-order valence-electron chi connectivity index (χ0n) is 14.8. The van der Waals surface area contributed by atoms with E-state index in [1.807, 2.05) is 19.9 Å². The van der Waals surface area contributed by atoms with Crippen molar-refractivity contribution in [2.24, 2.45) is 0 Å². The Morgan fingerprint density at radius 2 is 1.75 bits per heavy atom. The Bertz CT molecular complexity index is 658. The fourth-order valence-electron chi connectivity index (χ4n) is 2.50. The molecule has 2 aromatic rings. The van der Waals surface area contributed by atoms with Crippen LogP contribution < -0.4 is 16.0 Å². The van der Waals surface area contributed by atoms with Crippen molar-refractivity contribution in [3.05, 3.63) is 47.7 Å². The molecular formula is C19H26N4O. The summed E-state index contributed by atoms with van der Waals surface area (Å²) in [6.45, 7) is 8.13. The molecule has 0 fully saturated rings. The second kappa shape index (κ2) is 8.34. The van der Waals surface area contributed by atoms with Gasteiger partial charge in [0.2, 0.25) is 0 Å². The van der Waals surface area contributed by atoms with E-state index >= 15 is 0 Å². The van der Waals surface area contributed by atoms with E-state index in [0.29, 0.717) is 5.82 Å². The molecular weight excluding hydrogens is 300 g/mol. The summed E-state index contributed by atoms with van der Waals surface area (Å²) in [6.07, 6.45) is 3.67. The van der Waals surface area contributed by atoms with Crippen LogP contribution in [0.25, 0.3) is 0 Å². The lowest BCUT2D eigenvalue weighted by molar-refractivity contribution is 0.250. The number of carbonyl (C=O) groups excluding carboxylic acids is 1. The van der Waals surface area contributed by atoms with E-state index < -0.39 is 0 Å². The van der Waals surface area contributed by atoms with Gasteiger partial charge in [-0.3, -0.25) is 5.32 Å². The molecule has 0 saturated heterocycles. The van der Waals surface area contributed by atoms with Gasteiger partial charge in [0.25, 0.3) is 0 Å². The number of rotatable bonds is 6. The normalized spacial score (nSPS) is 10.5.